The fourth-order valence-corrected chi connectivity index (χ4v) is 1.34. The largest absolute Gasteiger partial charge is 0.394 e. The van der Waals surface area contributed by atoms with Crippen molar-refractivity contribution in [2.24, 2.45) is 0 Å². The van der Waals surface area contributed by atoms with E-state index in [1.807, 2.05) is 0 Å². The first kappa shape index (κ1) is 14.1. The Bertz CT molecular complexity index is 355. The van der Waals surface area contributed by atoms with Crippen LogP contribution in [0.3, 0.4) is 0 Å². The molecule has 0 amide bonds. The summed E-state index contributed by atoms with van der Waals surface area (Å²) in [7, 11) is 0. The van der Waals surface area contributed by atoms with Crippen molar-refractivity contribution in [2.45, 2.75) is 18.6 Å². The average Bonchev–Trinajstić information content (AvgIpc) is 2.35. The molecule has 0 aliphatic carbocycles. The summed E-state index contributed by atoms with van der Waals surface area (Å²) in [5, 5.41) is 30.7. The quantitative estimate of drug-likeness (QED) is 0.575. The lowest BCUT2D eigenvalue weighted by Gasteiger charge is -2.27. The molecule has 0 aliphatic rings. The van der Waals surface area contributed by atoms with Crippen molar-refractivity contribution in [3.63, 3.8) is 0 Å². The van der Waals surface area contributed by atoms with Gasteiger partial charge in [0.05, 0.1) is 24.9 Å². The lowest BCUT2D eigenvalue weighted by atomic mass is 10.0. The van der Waals surface area contributed by atoms with Crippen LogP contribution >= 0.6 is 0 Å². The van der Waals surface area contributed by atoms with Crippen LogP contribution in [0.1, 0.15) is 18.6 Å². The summed E-state index contributed by atoms with van der Waals surface area (Å²) in [5.41, 5.74) is -0.398. The second-order valence-corrected chi connectivity index (χ2v) is 4.33. The van der Waals surface area contributed by atoms with Gasteiger partial charge in [0.1, 0.15) is 5.82 Å². The first-order valence-electron chi connectivity index (χ1n) is 5.41. The molecule has 1 atom stereocenters. The third-order valence-corrected chi connectivity index (χ3v) is 2.65. The van der Waals surface area contributed by atoms with E-state index in [0.29, 0.717) is 5.56 Å². The molecule has 0 saturated heterocycles. The van der Waals surface area contributed by atoms with Crippen LogP contribution in [0, 0.1) is 5.82 Å². The van der Waals surface area contributed by atoms with Crippen molar-refractivity contribution >= 4 is 0 Å². The van der Waals surface area contributed by atoms with E-state index < -0.39 is 17.5 Å². The third-order valence-electron chi connectivity index (χ3n) is 2.65. The van der Waals surface area contributed by atoms with Crippen LogP contribution in [0.15, 0.2) is 24.3 Å². The normalized spacial score (nSPS) is 13.7. The molecule has 0 fully saturated rings. The summed E-state index contributed by atoms with van der Waals surface area (Å²) >= 11 is 0. The topological polar surface area (TPSA) is 72.7 Å². The monoisotopic (exact) mass is 243 g/mol. The van der Waals surface area contributed by atoms with Crippen LogP contribution in [0.4, 0.5) is 4.39 Å². The van der Waals surface area contributed by atoms with E-state index in [0.717, 1.165) is 0 Å². The van der Waals surface area contributed by atoms with E-state index in [2.05, 4.69) is 5.32 Å². The van der Waals surface area contributed by atoms with Gasteiger partial charge in [-0.1, -0.05) is 12.1 Å². The van der Waals surface area contributed by atoms with Gasteiger partial charge in [-0.3, -0.25) is 0 Å². The van der Waals surface area contributed by atoms with Crippen molar-refractivity contribution in [1.82, 2.24) is 5.32 Å². The summed E-state index contributed by atoms with van der Waals surface area (Å²) in [6.45, 7) is 1.26. The van der Waals surface area contributed by atoms with Crippen LogP contribution in [0.5, 0.6) is 0 Å². The zero-order valence-corrected chi connectivity index (χ0v) is 9.73. The van der Waals surface area contributed by atoms with E-state index in [1.54, 1.807) is 13.0 Å². The Morgan fingerprint density at radius 2 is 2.00 bits per heavy atom. The molecule has 1 aromatic rings. The van der Waals surface area contributed by atoms with Crippen LogP contribution in [-0.4, -0.2) is 40.6 Å². The number of rotatable bonds is 6. The van der Waals surface area contributed by atoms with Crippen molar-refractivity contribution < 1.29 is 19.7 Å². The molecule has 1 aromatic carbocycles. The molecular formula is C12H18FNO3. The lowest BCUT2D eigenvalue weighted by Crippen LogP contribution is -2.50. The van der Waals surface area contributed by atoms with E-state index in [-0.39, 0.29) is 19.8 Å². The standard InChI is InChI=1S/C12H18FNO3/c1-12(7-15,8-16)14-6-11(17)9-3-2-4-10(13)5-9/h2-5,11,14-17H,6-8H2,1H3. The highest BCUT2D eigenvalue weighted by Crippen LogP contribution is 2.14. The molecule has 1 rings (SSSR count). The van der Waals surface area contributed by atoms with Crippen molar-refractivity contribution in [3.8, 4) is 0 Å². The van der Waals surface area contributed by atoms with Gasteiger partial charge in [-0.05, 0) is 24.6 Å². The maximum atomic E-state index is 12.9. The maximum absolute atomic E-state index is 12.9. The summed E-state index contributed by atoms with van der Waals surface area (Å²) in [5.74, 6) is -0.409. The van der Waals surface area contributed by atoms with Gasteiger partial charge in [0.15, 0.2) is 0 Å². The number of benzene rings is 1. The summed E-state index contributed by atoms with van der Waals surface area (Å²) in [6, 6.07) is 5.69. The minimum Gasteiger partial charge on any atom is -0.394 e. The van der Waals surface area contributed by atoms with Gasteiger partial charge in [0.2, 0.25) is 0 Å². The SMILES string of the molecule is CC(CO)(CO)NCC(O)c1cccc(F)c1. The first-order valence-corrected chi connectivity index (χ1v) is 5.41. The van der Waals surface area contributed by atoms with Gasteiger partial charge in [-0.2, -0.15) is 0 Å². The zero-order chi connectivity index (χ0) is 12.9. The van der Waals surface area contributed by atoms with E-state index in [4.69, 9.17) is 10.2 Å². The Morgan fingerprint density at radius 1 is 1.35 bits per heavy atom. The van der Waals surface area contributed by atoms with E-state index in [1.165, 1.54) is 18.2 Å². The van der Waals surface area contributed by atoms with E-state index in [9.17, 15) is 9.50 Å². The van der Waals surface area contributed by atoms with Gasteiger partial charge in [0, 0.05) is 6.54 Å². The minimum absolute atomic E-state index is 0.126. The molecule has 0 heterocycles. The maximum Gasteiger partial charge on any atom is 0.123 e. The van der Waals surface area contributed by atoms with Gasteiger partial charge in [-0.25, -0.2) is 4.39 Å². The second-order valence-electron chi connectivity index (χ2n) is 4.33. The van der Waals surface area contributed by atoms with Gasteiger partial charge < -0.3 is 20.6 Å². The average molecular weight is 243 g/mol. The van der Waals surface area contributed by atoms with Crippen molar-refractivity contribution in [2.75, 3.05) is 19.8 Å². The number of halogens is 1. The predicted molar refractivity (Wildman–Crippen MR) is 61.9 cm³/mol. The van der Waals surface area contributed by atoms with Crippen LogP contribution < -0.4 is 5.32 Å². The number of hydrogen-bond acceptors (Lipinski definition) is 4. The fourth-order valence-electron chi connectivity index (χ4n) is 1.34. The first-order chi connectivity index (χ1) is 8.00. The summed E-state index contributed by atoms with van der Waals surface area (Å²) < 4.78 is 12.9. The molecule has 0 aliphatic heterocycles. The molecule has 4 N–H and O–H groups in total. The number of aliphatic hydroxyl groups is 3. The molecule has 17 heavy (non-hydrogen) atoms. The van der Waals surface area contributed by atoms with Gasteiger partial charge in [-0.15, -0.1) is 0 Å². The molecule has 0 aromatic heterocycles. The number of nitrogens with one attached hydrogen (secondary N) is 1. The molecule has 0 saturated carbocycles. The highest BCUT2D eigenvalue weighted by molar-refractivity contribution is 5.19. The van der Waals surface area contributed by atoms with Crippen LogP contribution in [-0.2, 0) is 0 Å². The summed E-state index contributed by atoms with van der Waals surface area (Å²) in [4.78, 5) is 0. The Labute approximate surface area is 99.7 Å². The number of hydrogen-bond donors (Lipinski definition) is 4. The zero-order valence-electron chi connectivity index (χ0n) is 9.73. The van der Waals surface area contributed by atoms with Crippen molar-refractivity contribution in [1.29, 1.82) is 0 Å². The summed E-state index contributed by atoms with van der Waals surface area (Å²) in [6.07, 6.45) is -0.886. The Hall–Kier alpha value is -1.01. The lowest BCUT2D eigenvalue weighted by molar-refractivity contribution is 0.0845. The molecule has 1 unspecified atom stereocenters. The fraction of sp³-hybridized carbons (Fsp3) is 0.500. The molecule has 4 nitrogen and oxygen atoms in total. The minimum atomic E-state index is -0.886. The smallest absolute Gasteiger partial charge is 0.123 e. The van der Waals surface area contributed by atoms with E-state index >= 15 is 0 Å². The Balaban J connectivity index is 2.58. The highest BCUT2D eigenvalue weighted by atomic mass is 19.1. The second kappa shape index (κ2) is 6.07. The Morgan fingerprint density at radius 3 is 2.53 bits per heavy atom. The molecule has 0 bridgehead atoms. The van der Waals surface area contributed by atoms with Crippen LogP contribution in [0.25, 0.3) is 0 Å². The Kier molecular flexibility index (Phi) is 5.02. The highest BCUT2D eigenvalue weighted by Gasteiger charge is 2.22. The van der Waals surface area contributed by atoms with Gasteiger partial charge in [0.25, 0.3) is 0 Å². The van der Waals surface area contributed by atoms with Crippen LogP contribution in [0.2, 0.25) is 0 Å². The van der Waals surface area contributed by atoms with Crippen molar-refractivity contribution in [3.05, 3.63) is 35.6 Å². The molecular weight excluding hydrogens is 225 g/mol. The number of aliphatic hydroxyl groups excluding tert-OH is 3. The third kappa shape index (κ3) is 4.05. The predicted octanol–water partition coefficient (Wildman–Crippen LogP) is 0.192. The molecule has 5 heteroatoms. The molecule has 0 radical (unpaired) electrons. The number of β-amino-alcohol motifs (C(OH)–C–C–N with tert-alkyl or cyclic N) is 1. The molecule has 0 spiro atoms. The molecule has 96 valence electrons. The van der Waals surface area contributed by atoms with Gasteiger partial charge >= 0.3 is 0 Å².